The normalized spacial score (nSPS) is 25.1. The van der Waals surface area contributed by atoms with Crippen LogP contribution in [0.5, 0.6) is 23.0 Å². The second-order valence-electron chi connectivity index (χ2n) is 7.29. The lowest BCUT2D eigenvalue weighted by atomic mass is 9.99. The van der Waals surface area contributed by atoms with Gasteiger partial charge < -0.3 is 49.6 Å². The van der Waals surface area contributed by atoms with E-state index in [1.54, 1.807) is 12.1 Å². The lowest BCUT2D eigenvalue weighted by molar-refractivity contribution is -0.271. The molecule has 2 aromatic carbocycles. The Morgan fingerprint density at radius 1 is 0.939 bits per heavy atom. The third-order valence-electron chi connectivity index (χ3n) is 5.16. The van der Waals surface area contributed by atoms with Crippen LogP contribution in [0.15, 0.2) is 45.6 Å². The Morgan fingerprint density at radius 2 is 1.64 bits per heavy atom. The molecule has 1 fully saturated rings. The van der Waals surface area contributed by atoms with Crippen LogP contribution in [0.4, 0.5) is 0 Å². The summed E-state index contributed by atoms with van der Waals surface area (Å²) in [5.41, 5.74) is -0.877. The lowest BCUT2D eigenvalue weighted by Gasteiger charge is -2.38. The molecule has 0 radical (unpaired) electrons. The van der Waals surface area contributed by atoms with Gasteiger partial charge in [-0.2, -0.15) is 0 Å². The number of phenolic OH excluding ortho intramolecular Hbond substituents is 3. The molecular formula is C21H18O12. The zero-order valence-corrected chi connectivity index (χ0v) is 16.5. The zero-order valence-electron chi connectivity index (χ0n) is 16.5. The van der Waals surface area contributed by atoms with Crippen LogP contribution >= 0.6 is 0 Å². The molecule has 0 amide bonds. The van der Waals surface area contributed by atoms with E-state index in [0.717, 1.165) is 12.1 Å². The molecule has 0 unspecified atom stereocenters. The fraction of sp³-hybridized carbons (Fsp3) is 0.238. The summed E-state index contributed by atoms with van der Waals surface area (Å²) in [7, 11) is 0. The zero-order chi connectivity index (χ0) is 24.0. The van der Waals surface area contributed by atoms with E-state index >= 15 is 0 Å². The van der Waals surface area contributed by atoms with Crippen molar-refractivity contribution >= 4 is 16.9 Å². The van der Waals surface area contributed by atoms with Crippen molar-refractivity contribution in [3.8, 4) is 34.3 Å². The molecule has 12 heteroatoms. The Hall–Kier alpha value is -3.84. The van der Waals surface area contributed by atoms with Crippen molar-refractivity contribution in [2.24, 2.45) is 0 Å². The maximum absolute atomic E-state index is 12.6. The molecule has 0 aliphatic carbocycles. The molecule has 1 aliphatic heterocycles. The minimum Gasteiger partial charge on any atom is -0.507 e. The second kappa shape index (κ2) is 8.26. The van der Waals surface area contributed by atoms with Gasteiger partial charge in [0.2, 0.25) is 12.0 Å². The fourth-order valence-corrected chi connectivity index (χ4v) is 3.45. The number of fused-ring (bicyclic) bond motifs is 1. The molecule has 1 saturated heterocycles. The Balaban J connectivity index is 1.78. The molecule has 12 nitrogen and oxygen atoms in total. The van der Waals surface area contributed by atoms with Crippen LogP contribution in [0.25, 0.3) is 22.3 Å². The first-order valence-electron chi connectivity index (χ1n) is 9.50. The van der Waals surface area contributed by atoms with E-state index in [0.29, 0.717) is 0 Å². The number of aliphatic hydroxyl groups excluding tert-OH is 3. The van der Waals surface area contributed by atoms with E-state index < -0.39 is 64.7 Å². The van der Waals surface area contributed by atoms with Gasteiger partial charge in [-0.25, -0.2) is 4.79 Å². The van der Waals surface area contributed by atoms with E-state index in [9.17, 15) is 40.2 Å². The number of aliphatic carboxylic acids is 1. The highest BCUT2D eigenvalue weighted by molar-refractivity contribution is 5.89. The summed E-state index contributed by atoms with van der Waals surface area (Å²) < 4.78 is 15.9. The van der Waals surface area contributed by atoms with Crippen LogP contribution < -0.4 is 10.2 Å². The molecule has 33 heavy (non-hydrogen) atoms. The van der Waals surface area contributed by atoms with Gasteiger partial charge in [0.25, 0.3) is 0 Å². The lowest BCUT2D eigenvalue weighted by Crippen LogP contribution is -2.61. The largest absolute Gasteiger partial charge is 0.507 e. The minimum absolute atomic E-state index is 0.0694. The van der Waals surface area contributed by atoms with Gasteiger partial charge in [0.1, 0.15) is 40.8 Å². The van der Waals surface area contributed by atoms with Crippen molar-refractivity contribution in [1.82, 2.24) is 0 Å². The summed E-state index contributed by atoms with van der Waals surface area (Å²) in [5, 5.41) is 69.2. The molecule has 7 N–H and O–H groups in total. The molecule has 0 saturated carbocycles. The number of carboxylic acid groups (broad SMARTS) is 1. The fourth-order valence-electron chi connectivity index (χ4n) is 3.45. The maximum Gasteiger partial charge on any atom is 0.335 e. The molecular weight excluding hydrogens is 444 g/mol. The summed E-state index contributed by atoms with van der Waals surface area (Å²) in [5.74, 6) is -4.38. The Bertz CT molecular complexity index is 1280. The predicted molar refractivity (Wildman–Crippen MR) is 108 cm³/mol. The first kappa shape index (κ1) is 22.4. The number of aromatic hydroxyl groups is 3. The van der Waals surface area contributed by atoms with Crippen LogP contribution in [-0.4, -0.2) is 72.4 Å². The van der Waals surface area contributed by atoms with Gasteiger partial charge in [0.05, 0.1) is 5.56 Å². The van der Waals surface area contributed by atoms with Crippen molar-refractivity contribution in [3.63, 3.8) is 0 Å². The Kier molecular flexibility index (Phi) is 5.59. The van der Waals surface area contributed by atoms with Crippen molar-refractivity contribution in [1.29, 1.82) is 0 Å². The molecule has 3 aromatic rings. The number of hydrogen-bond acceptors (Lipinski definition) is 11. The Labute approximate surface area is 183 Å². The smallest absolute Gasteiger partial charge is 0.335 e. The molecule has 174 valence electrons. The molecule has 0 bridgehead atoms. The van der Waals surface area contributed by atoms with Crippen molar-refractivity contribution in [3.05, 3.63) is 46.6 Å². The van der Waals surface area contributed by atoms with E-state index in [4.69, 9.17) is 19.0 Å². The highest BCUT2D eigenvalue weighted by Crippen LogP contribution is 2.43. The van der Waals surface area contributed by atoms with Gasteiger partial charge in [-0.05, 0) is 12.1 Å². The van der Waals surface area contributed by atoms with Gasteiger partial charge >= 0.3 is 5.97 Å². The first-order chi connectivity index (χ1) is 15.6. The van der Waals surface area contributed by atoms with E-state index in [-0.39, 0.29) is 22.7 Å². The highest BCUT2D eigenvalue weighted by Gasteiger charge is 2.48. The molecule has 2 heterocycles. The van der Waals surface area contributed by atoms with E-state index in [1.807, 2.05) is 0 Å². The summed E-state index contributed by atoms with van der Waals surface area (Å²) in [6.45, 7) is 0. The molecule has 0 spiro atoms. The highest BCUT2D eigenvalue weighted by atomic mass is 16.7. The van der Waals surface area contributed by atoms with Gasteiger partial charge in [-0.1, -0.05) is 12.1 Å². The minimum atomic E-state index is -1.97. The number of carboxylic acids is 1. The van der Waals surface area contributed by atoms with Crippen molar-refractivity contribution in [2.75, 3.05) is 0 Å². The summed E-state index contributed by atoms with van der Waals surface area (Å²) in [6.07, 6.45) is -9.72. The van der Waals surface area contributed by atoms with Crippen LogP contribution in [0.1, 0.15) is 0 Å². The SMILES string of the molecule is O=C(O)[C@H]1O[C@@H](Oc2cc3oc(-c4ccccc4O)cc(=O)c3c(O)c2O)[C@H](O)[C@@H](O)[C@@H]1O. The number of para-hydroxylation sites is 1. The second-order valence-corrected chi connectivity index (χ2v) is 7.29. The number of benzene rings is 2. The Morgan fingerprint density at radius 3 is 2.30 bits per heavy atom. The summed E-state index contributed by atoms with van der Waals surface area (Å²) >= 11 is 0. The molecule has 4 rings (SSSR count). The van der Waals surface area contributed by atoms with Crippen LogP contribution in [-0.2, 0) is 9.53 Å². The summed E-state index contributed by atoms with van der Waals surface area (Å²) in [6, 6.07) is 7.95. The average molecular weight is 462 g/mol. The maximum atomic E-state index is 12.6. The van der Waals surface area contributed by atoms with Gasteiger partial charge in [-0.15, -0.1) is 0 Å². The predicted octanol–water partition coefficient (Wildman–Crippen LogP) is -0.152. The third-order valence-corrected chi connectivity index (χ3v) is 5.16. The van der Waals surface area contributed by atoms with Crippen LogP contribution in [0.3, 0.4) is 0 Å². The molecule has 1 aromatic heterocycles. The topological polar surface area (TPSA) is 207 Å². The average Bonchev–Trinajstić information content (AvgIpc) is 2.77. The number of phenols is 3. The molecule has 1 aliphatic rings. The van der Waals surface area contributed by atoms with Gasteiger partial charge in [0, 0.05) is 12.1 Å². The van der Waals surface area contributed by atoms with Crippen molar-refractivity contribution < 1.29 is 54.4 Å². The van der Waals surface area contributed by atoms with E-state index in [1.165, 1.54) is 12.1 Å². The van der Waals surface area contributed by atoms with Gasteiger partial charge in [-0.3, -0.25) is 4.79 Å². The van der Waals surface area contributed by atoms with Gasteiger partial charge in [0.15, 0.2) is 23.0 Å². The number of hydrogen-bond donors (Lipinski definition) is 7. The molecule has 5 atom stereocenters. The van der Waals surface area contributed by atoms with Crippen molar-refractivity contribution in [2.45, 2.75) is 30.7 Å². The summed E-state index contributed by atoms with van der Waals surface area (Å²) in [4.78, 5) is 23.8. The van der Waals surface area contributed by atoms with Crippen LogP contribution in [0.2, 0.25) is 0 Å². The number of rotatable bonds is 4. The number of ether oxygens (including phenoxy) is 2. The number of carbonyl (C=O) groups is 1. The van der Waals surface area contributed by atoms with E-state index in [2.05, 4.69) is 0 Å². The quantitative estimate of drug-likeness (QED) is 0.253. The third kappa shape index (κ3) is 3.81. The van der Waals surface area contributed by atoms with Crippen LogP contribution in [0, 0.1) is 0 Å². The standard InChI is InChI=1S/C21H18O12/c22-8-4-2-1-3-7(8)10-5-9(23)13-11(31-10)6-12(14(24)15(13)25)32-21-18(28)16(26)17(27)19(33-21)20(29)30/h1-6,16-19,21-22,24-28H,(H,29,30)/t16-,17-,18+,19-,21+/m0/s1. The number of aliphatic hydroxyl groups is 3. The monoisotopic (exact) mass is 462 g/mol. The first-order valence-corrected chi connectivity index (χ1v) is 9.50.